The van der Waals surface area contributed by atoms with E-state index in [4.69, 9.17) is 0 Å². The molecule has 0 unspecified atom stereocenters. The average Bonchev–Trinajstić information content (AvgIpc) is 3.05. The van der Waals surface area contributed by atoms with Gasteiger partial charge < -0.3 is 4.57 Å². The predicted octanol–water partition coefficient (Wildman–Crippen LogP) is 7.83. The first-order valence-corrected chi connectivity index (χ1v) is 10.3. The molecule has 0 N–H and O–H groups in total. The van der Waals surface area contributed by atoms with Crippen molar-refractivity contribution in [1.82, 2.24) is 4.57 Å². The van der Waals surface area contributed by atoms with Crippen molar-refractivity contribution in [3.05, 3.63) is 101 Å². The molecule has 2 heteroatoms. The summed E-state index contributed by atoms with van der Waals surface area (Å²) in [5, 5.41) is 2.58. The molecule has 5 rings (SSSR count). The highest BCUT2D eigenvalue weighted by atomic mass is 79.9. The van der Waals surface area contributed by atoms with Gasteiger partial charge in [0.1, 0.15) is 0 Å². The predicted molar refractivity (Wildman–Crippen MR) is 123 cm³/mol. The van der Waals surface area contributed by atoms with Crippen molar-refractivity contribution in [2.45, 2.75) is 13.8 Å². The Labute approximate surface area is 173 Å². The fourth-order valence-electron chi connectivity index (χ4n) is 4.12. The smallest absolute Gasteiger partial charge is 0.0541 e. The maximum Gasteiger partial charge on any atom is 0.0541 e. The summed E-state index contributed by atoms with van der Waals surface area (Å²) in [6.45, 7) is 4.36. The van der Waals surface area contributed by atoms with Gasteiger partial charge in [-0.15, -0.1) is 0 Å². The van der Waals surface area contributed by atoms with E-state index < -0.39 is 0 Å². The van der Waals surface area contributed by atoms with E-state index in [1.54, 1.807) is 0 Å². The van der Waals surface area contributed by atoms with E-state index in [9.17, 15) is 0 Å². The Kier molecular flexibility index (Phi) is 4.10. The van der Waals surface area contributed by atoms with Gasteiger partial charge in [-0.25, -0.2) is 0 Å². The number of nitrogens with zero attached hydrogens (tertiary/aromatic N) is 1. The van der Waals surface area contributed by atoms with E-state index in [0.717, 1.165) is 4.47 Å². The van der Waals surface area contributed by atoms with E-state index in [2.05, 4.69) is 119 Å². The van der Waals surface area contributed by atoms with Crippen LogP contribution in [0.3, 0.4) is 0 Å². The zero-order chi connectivity index (χ0) is 19.3. The Balaban J connectivity index is 1.83. The number of hydrogen-bond donors (Lipinski definition) is 0. The summed E-state index contributed by atoms with van der Waals surface area (Å²) in [7, 11) is 0. The average molecular weight is 426 g/mol. The Bertz CT molecular complexity index is 1290. The Hall–Kier alpha value is -2.84. The second-order valence-electron chi connectivity index (χ2n) is 7.33. The van der Waals surface area contributed by atoms with Crippen molar-refractivity contribution in [3.8, 4) is 16.8 Å². The number of aryl methyl sites for hydroxylation is 2. The van der Waals surface area contributed by atoms with Crippen LogP contribution in [0.4, 0.5) is 0 Å². The lowest BCUT2D eigenvalue weighted by Crippen LogP contribution is -1.96. The maximum atomic E-state index is 3.64. The second-order valence-corrected chi connectivity index (χ2v) is 8.24. The van der Waals surface area contributed by atoms with Crippen molar-refractivity contribution in [2.75, 3.05) is 0 Å². The molecule has 0 radical (unpaired) electrons. The van der Waals surface area contributed by atoms with Crippen LogP contribution in [0.25, 0.3) is 38.6 Å². The summed E-state index contributed by atoms with van der Waals surface area (Å²) in [6.07, 6.45) is 0. The molecule has 0 saturated carbocycles. The van der Waals surface area contributed by atoms with Crippen LogP contribution >= 0.6 is 15.9 Å². The van der Waals surface area contributed by atoms with Gasteiger partial charge in [0.05, 0.1) is 11.0 Å². The van der Waals surface area contributed by atoms with E-state index in [0.29, 0.717) is 0 Å². The summed E-state index contributed by atoms with van der Waals surface area (Å²) in [5.74, 6) is 0. The van der Waals surface area contributed by atoms with Crippen LogP contribution in [0.1, 0.15) is 11.1 Å². The van der Waals surface area contributed by atoms with Crippen LogP contribution in [0.2, 0.25) is 0 Å². The third kappa shape index (κ3) is 2.68. The molecule has 136 valence electrons. The first kappa shape index (κ1) is 17.3. The minimum absolute atomic E-state index is 1.11. The lowest BCUT2D eigenvalue weighted by Gasteiger charge is -2.14. The molecule has 0 amide bonds. The highest BCUT2D eigenvalue weighted by Gasteiger charge is 2.13. The van der Waals surface area contributed by atoms with Gasteiger partial charge in [-0.1, -0.05) is 64.5 Å². The summed E-state index contributed by atoms with van der Waals surface area (Å²) in [4.78, 5) is 0. The molecular weight excluding hydrogens is 406 g/mol. The SMILES string of the molecule is Cc1ccc(Br)cc1-c1cc(-n2c3ccccc3c3ccccc32)ccc1C. The van der Waals surface area contributed by atoms with Crippen molar-refractivity contribution >= 4 is 37.7 Å². The molecule has 0 fully saturated rings. The van der Waals surface area contributed by atoms with Gasteiger partial charge in [0.15, 0.2) is 0 Å². The van der Waals surface area contributed by atoms with E-state index in [1.165, 1.54) is 49.7 Å². The van der Waals surface area contributed by atoms with Gasteiger partial charge >= 0.3 is 0 Å². The van der Waals surface area contributed by atoms with Crippen molar-refractivity contribution in [2.24, 2.45) is 0 Å². The molecule has 0 aliphatic carbocycles. The topological polar surface area (TPSA) is 4.93 Å². The molecule has 4 aromatic carbocycles. The van der Waals surface area contributed by atoms with Gasteiger partial charge in [0.25, 0.3) is 0 Å². The molecule has 0 saturated heterocycles. The summed E-state index contributed by atoms with van der Waals surface area (Å²) < 4.78 is 3.48. The quantitative estimate of drug-likeness (QED) is 0.271. The zero-order valence-corrected chi connectivity index (χ0v) is 17.5. The lowest BCUT2D eigenvalue weighted by atomic mass is 9.96. The zero-order valence-electron chi connectivity index (χ0n) is 15.9. The fraction of sp³-hybridized carbons (Fsp3) is 0.0769. The summed E-state index contributed by atoms with van der Waals surface area (Å²) >= 11 is 3.64. The second kappa shape index (κ2) is 6.65. The van der Waals surface area contributed by atoms with Crippen LogP contribution in [-0.2, 0) is 0 Å². The van der Waals surface area contributed by atoms with Gasteiger partial charge in [0, 0.05) is 20.9 Å². The largest absolute Gasteiger partial charge is 0.309 e. The van der Waals surface area contributed by atoms with Crippen LogP contribution in [0, 0.1) is 13.8 Å². The number of halogens is 1. The van der Waals surface area contributed by atoms with Crippen molar-refractivity contribution in [3.63, 3.8) is 0 Å². The molecule has 28 heavy (non-hydrogen) atoms. The van der Waals surface area contributed by atoms with Gasteiger partial charge in [-0.2, -0.15) is 0 Å². The molecular formula is C26H20BrN. The third-order valence-corrected chi connectivity index (χ3v) is 6.04. The molecule has 0 spiro atoms. The van der Waals surface area contributed by atoms with E-state index >= 15 is 0 Å². The minimum atomic E-state index is 1.11. The van der Waals surface area contributed by atoms with E-state index in [1.807, 2.05) is 0 Å². The normalized spacial score (nSPS) is 11.4. The Morgan fingerprint density at radius 2 is 1.14 bits per heavy atom. The van der Waals surface area contributed by atoms with Gasteiger partial charge in [-0.3, -0.25) is 0 Å². The number of benzene rings is 4. The molecule has 0 bridgehead atoms. The van der Waals surface area contributed by atoms with Gasteiger partial charge in [0.2, 0.25) is 0 Å². The highest BCUT2D eigenvalue weighted by Crippen LogP contribution is 2.35. The van der Waals surface area contributed by atoms with Crippen molar-refractivity contribution in [1.29, 1.82) is 0 Å². The summed E-state index contributed by atoms with van der Waals surface area (Å²) in [6, 6.07) is 30.6. The first-order chi connectivity index (χ1) is 13.6. The number of fused-ring (bicyclic) bond motifs is 3. The molecule has 0 atom stereocenters. The maximum absolute atomic E-state index is 3.64. The molecule has 5 aromatic rings. The standard InChI is InChI=1S/C26H20BrN/c1-17-11-13-19(27)15-23(17)24-16-20(14-12-18(24)2)28-25-9-5-3-7-21(25)22-8-4-6-10-26(22)28/h3-16H,1-2H3. The number of aromatic nitrogens is 1. The fourth-order valence-corrected chi connectivity index (χ4v) is 4.49. The van der Waals surface area contributed by atoms with Crippen LogP contribution in [0.15, 0.2) is 89.4 Å². The monoisotopic (exact) mass is 425 g/mol. The third-order valence-electron chi connectivity index (χ3n) is 5.55. The van der Waals surface area contributed by atoms with Crippen molar-refractivity contribution < 1.29 is 0 Å². The lowest BCUT2D eigenvalue weighted by molar-refractivity contribution is 1.17. The summed E-state index contributed by atoms with van der Waals surface area (Å²) in [5.41, 5.74) is 8.79. The Morgan fingerprint density at radius 1 is 0.607 bits per heavy atom. The highest BCUT2D eigenvalue weighted by molar-refractivity contribution is 9.10. The molecule has 1 heterocycles. The number of hydrogen-bond acceptors (Lipinski definition) is 0. The van der Waals surface area contributed by atoms with Gasteiger partial charge in [-0.05, 0) is 72.5 Å². The minimum Gasteiger partial charge on any atom is -0.309 e. The van der Waals surface area contributed by atoms with Crippen LogP contribution in [0.5, 0.6) is 0 Å². The first-order valence-electron chi connectivity index (χ1n) is 9.49. The molecule has 1 nitrogen and oxygen atoms in total. The number of para-hydroxylation sites is 2. The van der Waals surface area contributed by atoms with Crippen LogP contribution < -0.4 is 0 Å². The molecule has 0 aliphatic heterocycles. The number of rotatable bonds is 2. The Morgan fingerprint density at radius 3 is 1.79 bits per heavy atom. The van der Waals surface area contributed by atoms with E-state index in [-0.39, 0.29) is 0 Å². The van der Waals surface area contributed by atoms with Crippen LogP contribution in [-0.4, -0.2) is 4.57 Å². The molecule has 1 aromatic heterocycles. The molecule has 0 aliphatic rings.